The van der Waals surface area contributed by atoms with Crippen LogP contribution in [0.2, 0.25) is 0 Å². The Labute approximate surface area is 166 Å². The standard InChI is InChI=1S/C21H19N3O5/c1-13(20(25)23-16-8-7-14-5-3-4-6-15(14)11-16)29-21(26)18-12-17(24(27)28)9-10-19(18)22-2/h3-13,22H,1-2H3,(H,23,25)/t13-/m0/s1. The van der Waals surface area contributed by atoms with Gasteiger partial charge >= 0.3 is 5.97 Å². The third-order valence-corrected chi connectivity index (χ3v) is 4.37. The number of anilines is 2. The molecule has 0 aromatic heterocycles. The number of carbonyl (C=O) groups excluding carboxylic acids is 2. The van der Waals surface area contributed by atoms with E-state index < -0.39 is 22.9 Å². The zero-order valence-corrected chi connectivity index (χ0v) is 15.8. The predicted octanol–water partition coefficient (Wildman–Crippen LogP) is 3.97. The second-order valence-corrected chi connectivity index (χ2v) is 6.34. The molecule has 0 saturated carbocycles. The summed E-state index contributed by atoms with van der Waals surface area (Å²) >= 11 is 0. The molecule has 0 fully saturated rings. The van der Waals surface area contributed by atoms with Gasteiger partial charge in [-0.2, -0.15) is 0 Å². The fourth-order valence-corrected chi connectivity index (χ4v) is 2.82. The maximum Gasteiger partial charge on any atom is 0.341 e. The second kappa shape index (κ2) is 8.39. The lowest BCUT2D eigenvalue weighted by Crippen LogP contribution is -2.30. The van der Waals surface area contributed by atoms with Crippen molar-refractivity contribution in [3.05, 3.63) is 76.3 Å². The summed E-state index contributed by atoms with van der Waals surface area (Å²) in [6, 6.07) is 17.0. The van der Waals surface area contributed by atoms with Crippen molar-refractivity contribution in [2.24, 2.45) is 0 Å². The summed E-state index contributed by atoms with van der Waals surface area (Å²) in [5, 5.41) is 18.5. The van der Waals surface area contributed by atoms with E-state index in [0.717, 1.165) is 16.8 Å². The van der Waals surface area contributed by atoms with Gasteiger partial charge in [-0.1, -0.05) is 30.3 Å². The van der Waals surface area contributed by atoms with Gasteiger partial charge in [0.1, 0.15) is 0 Å². The van der Waals surface area contributed by atoms with E-state index in [9.17, 15) is 19.7 Å². The zero-order chi connectivity index (χ0) is 21.0. The van der Waals surface area contributed by atoms with Crippen LogP contribution in [0.5, 0.6) is 0 Å². The van der Waals surface area contributed by atoms with Crippen LogP contribution in [0.15, 0.2) is 60.7 Å². The van der Waals surface area contributed by atoms with Gasteiger partial charge in [0, 0.05) is 30.6 Å². The number of nitro groups is 1. The van der Waals surface area contributed by atoms with Crippen LogP contribution in [-0.2, 0) is 9.53 Å². The van der Waals surface area contributed by atoms with Crippen LogP contribution in [0.3, 0.4) is 0 Å². The molecule has 3 aromatic carbocycles. The highest BCUT2D eigenvalue weighted by atomic mass is 16.6. The lowest BCUT2D eigenvalue weighted by atomic mass is 10.1. The summed E-state index contributed by atoms with van der Waals surface area (Å²) in [7, 11) is 1.58. The van der Waals surface area contributed by atoms with E-state index in [4.69, 9.17) is 4.74 Å². The number of rotatable bonds is 6. The number of nitrogens with one attached hydrogen (secondary N) is 2. The number of non-ortho nitro benzene ring substituents is 1. The number of amides is 1. The van der Waals surface area contributed by atoms with Gasteiger partial charge in [0.25, 0.3) is 11.6 Å². The smallest absolute Gasteiger partial charge is 0.341 e. The molecule has 3 rings (SSSR count). The van der Waals surface area contributed by atoms with Gasteiger partial charge in [0.05, 0.1) is 10.5 Å². The van der Waals surface area contributed by atoms with Crippen molar-refractivity contribution in [3.8, 4) is 0 Å². The molecule has 0 aliphatic rings. The van der Waals surface area contributed by atoms with Crippen molar-refractivity contribution < 1.29 is 19.2 Å². The maximum atomic E-state index is 12.5. The Kier molecular flexibility index (Phi) is 5.73. The Morgan fingerprint density at radius 3 is 2.45 bits per heavy atom. The van der Waals surface area contributed by atoms with Gasteiger partial charge in [-0.05, 0) is 35.9 Å². The van der Waals surface area contributed by atoms with Crippen molar-refractivity contribution in [2.45, 2.75) is 13.0 Å². The minimum atomic E-state index is -1.10. The van der Waals surface area contributed by atoms with Crippen molar-refractivity contribution in [1.29, 1.82) is 0 Å². The summed E-state index contributed by atoms with van der Waals surface area (Å²) in [6.45, 7) is 1.44. The molecule has 8 nitrogen and oxygen atoms in total. The predicted molar refractivity (Wildman–Crippen MR) is 110 cm³/mol. The first-order valence-electron chi connectivity index (χ1n) is 8.86. The summed E-state index contributed by atoms with van der Waals surface area (Å²) < 4.78 is 5.22. The largest absolute Gasteiger partial charge is 0.449 e. The Morgan fingerprint density at radius 2 is 1.76 bits per heavy atom. The molecule has 29 heavy (non-hydrogen) atoms. The highest BCUT2D eigenvalue weighted by Crippen LogP contribution is 2.23. The molecule has 0 radical (unpaired) electrons. The maximum absolute atomic E-state index is 12.5. The Balaban J connectivity index is 1.72. The fourth-order valence-electron chi connectivity index (χ4n) is 2.82. The van der Waals surface area contributed by atoms with Gasteiger partial charge < -0.3 is 15.4 Å². The molecule has 3 aromatic rings. The van der Waals surface area contributed by atoms with Crippen LogP contribution >= 0.6 is 0 Å². The molecule has 1 amide bonds. The van der Waals surface area contributed by atoms with Crippen molar-refractivity contribution in [3.63, 3.8) is 0 Å². The highest BCUT2D eigenvalue weighted by molar-refractivity contribution is 6.01. The Hall–Kier alpha value is -3.94. The molecule has 0 aliphatic carbocycles. The Bertz CT molecular complexity index is 1100. The zero-order valence-electron chi connectivity index (χ0n) is 15.8. The van der Waals surface area contributed by atoms with E-state index in [1.165, 1.54) is 19.1 Å². The molecule has 0 saturated heterocycles. The van der Waals surface area contributed by atoms with Crippen molar-refractivity contribution in [1.82, 2.24) is 0 Å². The number of hydrogen-bond donors (Lipinski definition) is 2. The molecule has 8 heteroatoms. The molecule has 148 valence electrons. The first-order chi connectivity index (χ1) is 13.9. The van der Waals surface area contributed by atoms with Crippen LogP contribution in [0, 0.1) is 10.1 Å². The number of ether oxygens (including phenoxy) is 1. The van der Waals surface area contributed by atoms with Gasteiger partial charge in [0.15, 0.2) is 6.10 Å². The Morgan fingerprint density at radius 1 is 1.03 bits per heavy atom. The molecule has 0 bridgehead atoms. The minimum Gasteiger partial charge on any atom is -0.449 e. The van der Waals surface area contributed by atoms with Gasteiger partial charge in [0.2, 0.25) is 0 Å². The van der Waals surface area contributed by atoms with Crippen LogP contribution in [-0.4, -0.2) is 30.0 Å². The molecule has 1 atom stereocenters. The summed E-state index contributed by atoms with van der Waals surface area (Å²) in [6.07, 6.45) is -1.10. The summed E-state index contributed by atoms with van der Waals surface area (Å²) in [4.78, 5) is 35.3. The number of fused-ring (bicyclic) bond motifs is 1. The monoisotopic (exact) mass is 393 g/mol. The van der Waals surface area contributed by atoms with E-state index in [0.29, 0.717) is 11.4 Å². The van der Waals surface area contributed by atoms with Crippen LogP contribution in [0.4, 0.5) is 17.1 Å². The third kappa shape index (κ3) is 4.49. The lowest BCUT2D eigenvalue weighted by Gasteiger charge is -2.15. The number of hydrogen-bond acceptors (Lipinski definition) is 6. The molecule has 0 heterocycles. The summed E-state index contributed by atoms with van der Waals surface area (Å²) in [5.41, 5.74) is 0.668. The van der Waals surface area contributed by atoms with Gasteiger partial charge in [-0.15, -0.1) is 0 Å². The quantitative estimate of drug-likeness (QED) is 0.372. The fraction of sp³-hybridized carbons (Fsp3) is 0.143. The van der Waals surface area contributed by atoms with Gasteiger partial charge in [-0.3, -0.25) is 14.9 Å². The average molecular weight is 393 g/mol. The number of nitro benzene ring substituents is 1. The second-order valence-electron chi connectivity index (χ2n) is 6.34. The van der Waals surface area contributed by atoms with Gasteiger partial charge in [-0.25, -0.2) is 4.79 Å². The first-order valence-corrected chi connectivity index (χ1v) is 8.86. The molecular formula is C21H19N3O5. The molecule has 0 spiro atoms. The number of nitrogens with zero attached hydrogens (tertiary/aromatic N) is 1. The van der Waals surface area contributed by atoms with Crippen LogP contribution < -0.4 is 10.6 Å². The number of benzene rings is 3. The number of carbonyl (C=O) groups is 2. The highest BCUT2D eigenvalue weighted by Gasteiger charge is 2.23. The third-order valence-electron chi connectivity index (χ3n) is 4.37. The molecular weight excluding hydrogens is 374 g/mol. The topological polar surface area (TPSA) is 111 Å². The average Bonchev–Trinajstić information content (AvgIpc) is 2.72. The van der Waals surface area contributed by atoms with E-state index >= 15 is 0 Å². The summed E-state index contributed by atoms with van der Waals surface area (Å²) in [5.74, 6) is -1.34. The minimum absolute atomic E-state index is 0.0212. The van der Waals surface area contributed by atoms with E-state index in [1.54, 1.807) is 13.1 Å². The molecule has 2 N–H and O–H groups in total. The van der Waals surface area contributed by atoms with E-state index in [2.05, 4.69) is 10.6 Å². The molecule has 0 aliphatic heterocycles. The van der Waals surface area contributed by atoms with Crippen LogP contribution in [0.25, 0.3) is 10.8 Å². The van der Waals surface area contributed by atoms with Crippen molar-refractivity contribution >= 4 is 39.7 Å². The van der Waals surface area contributed by atoms with Crippen molar-refractivity contribution in [2.75, 3.05) is 17.7 Å². The normalized spacial score (nSPS) is 11.5. The van der Waals surface area contributed by atoms with E-state index in [1.807, 2.05) is 36.4 Å². The molecule has 0 unspecified atom stereocenters. The van der Waals surface area contributed by atoms with Crippen LogP contribution in [0.1, 0.15) is 17.3 Å². The van der Waals surface area contributed by atoms with E-state index in [-0.39, 0.29) is 11.3 Å². The lowest BCUT2D eigenvalue weighted by molar-refractivity contribution is -0.384. The SMILES string of the molecule is CNc1ccc([N+](=O)[O-])cc1C(=O)O[C@@H](C)C(=O)Nc1ccc2ccccc2c1. The first kappa shape index (κ1) is 19.8. The number of esters is 1.